The highest BCUT2D eigenvalue weighted by Crippen LogP contribution is 2.26. The van der Waals surface area contributed by atoms with E-state index in [0.717, 1.165) is 43.9 Å². The Morgan fingerprint density at radius 1 is 1.00 bits per heavy atom. The number of nitrogens with zero attached hydrogens (tertiary/aromatic N) is 1. The molecule has 1 fully saturated rings. The molecule has 0 bridgehead atoms. The van der Waals surface area contributed by atoms with E-state index >= 15 is 0 Å². The molecular formula is C19H29NO3. The first kappa shape index (κ1) is 17.6. The molecular weight excluding hydrogens is 290 g/mol. The molecule has 0 atom stereocenters. The van der Waals surface area contributed by atoms with Crippen LogP contribution in [0.5, 0.6) is 11.5 Å². The van der Waals surface area contributed by atoms with Gasteiger partial charge in [-0.25, -0.2) is 0 Å². The van der Waals surface area contributed by atoms with Crippen LogP contribution in [0.3, 0.4) is 0 Å². The van der Waals surface area contributed by atoms with E-state index in [1.807, 2.05) is 36.1 Å². The molecule has 0 aromatic heterocycles. The molecule has 1 aromatic rings. The van der Waals surface area contributed by atoms with Crippen molar-refractivity contribution in [2.45, 2.75) is 51.9 Å². The number of carbonyl (C=O) groups is 1. The van der Waals surface area contributed by atoms with Crippen LogP contribution in [0.2, 0.25) is 0 Å². The average Bonchev–Trinajstić information content (AvgIpc) is 2.53. The lowest BCUT2D eigenvalue weighted by Gasteiger charge is -2.24. The van der Waals surface area contributed by atoms with Crippen LogP contribution in [0, 0.1) is 0 Å². The minimum absolute atomic E-state index is 0.272. The van der Waals surface area contributed by atoms with E-state index in [1.165, 1.54) is 19.3 Å². The maximum absolute atomic E-state index is 12.3. The van der Waals surface area contributed by atoms with E-state index in [4.69, 9.17) is 9.47 Å². The summed E-state index contributed by atoms with van der Waals surface area (Å²) in [5.41, 5.74) is 0. The van der Waals surface area contributed by atoms with E-state index in [1.54, 1.807) is 0 Å². The van der Waals surface area contributed by atoms with E-state index in [0.29, 0.717) is 19.6 Å². The third-order valence-corrected chi connectivity index (χ3v) is 4.15. The van der Waals surface area contributed by atoms with Gasteiger partial charge < -0.3 is 14.4 Å². The monoisotopic (exact) mass is 319 g/mol. The van der Waals surface area contributed by atoms with E-state index in [9.17, 15) is 4.79 Å². The Morgan fingerprint density at radius 3 is 2.26 bits per heavy atom. The lowest BCUT2D eigenvalue weighted by Crippen LogP contribution is -2.33. The van der Waals surface area contributed by atoms with Crippen molar-refractivity contribution in [2.24, 2.45) is 0 Å². The first-order chi connectivity index (χ1) is 11.3. The molecule has 4 nitrogen and oxygen atoms in total. The van der Waals surface area contributed by atoms with Gasteiger partial charge in [-0.15, -0.1) is 0 Å². The average molecular weight is 319 g/mol. The summed E-state index contributed by atoms with van der Waals surface area (Å²) in [6.07, 6.45) is 7.41. The summed E-state index contributed by atoms with van der Waals surface area (Å²) >= 11 is 0. The van der Waals surface area contributed by atoms with Gasteiger partial charge in [-0.05, 0) is 38.3 Å². The van der Waals surface area contributed by atoms with Gasteiger partial charge in [-0.1, -0.05) is 31.4 Å². The van der Waals surface area contributed by atoms with Gasteiger partial charge in [0.15, 0.2) is 11.5 Å². The Balaban J connectivity index is 1.71. The summed E-state index contributed by atoms with van der Waals surface area (Å²) in [7, 11) is 0. The van der Waals surface area contributed by atoms with E-state index < -0.39 is 0 Å². The van der Waals surface area contributed by atoms with Gasteiger partial charge in [0.25, 0.3) is 0 Å². The van der Waals surface area contributed by atoms with Crippen LogP contribution < -0.4 is 9.47 Å². The van der Waals surface area contributed by atoms with E-state index in [2.05, 4.69) is 0 Å². The largest absolute Gasteiger partial charge is 0.490 e. The van der Waals surface area contributed by atoms with Crippen LogP contribution in [0.25, 0.3) is 0 Å². The minimum atomic E-state index is 0.272. The number of likely N-dealkylation sites (tertiary alicyclic amines) is 1. The quantitative estimate of drug-likeness (QED) is 0.712. The normalized spacial score (nSPS) is 15.6. The van der Waals surface area contributed by atoms with Crippen molar-refractivity contribution < 1.29 is 14.3 Å². The second-order valence-electron chi connectivity index (χ2n) is 5.98. The molecule has 1 amide bonds. The molecule has 1 aromatic carbocycles. The summed E-state index contributed by atoms with van der Waals surface area (Å²) in [6, 6.07) is 7.68. The van der Waals surface area contributed by atoms with Crippen molar-refractivity contribution in [1.29, 1.82) is 0 Å². The van der Waals surface area contributed by atoms with Gasteiger partial charge in [0.05, 0.1) is 13.2 Å². The Morgan fingerprint density at radius 2 is 1.61 bits per heavy atom. The van der Waals surface area contributed by atoms with Gasteiger partial charge in [0, 0.05) is 19.5 Å². The second-order valence-corrected chi connectivity index (χ2v) is 5.98. The maximum atomic E-state index is 12.3. The van der Waals surface area contributed by atoms with Crippen molar-refractivity contribution in [2.75, 3.05) is 26.3 Å². The zero-order valence-electron chi connectivity index (χ0n) is 14.3. The number of benzene rings is 1. The molecule has 0 N–H and O–H groups in total. The Hall–Kier alpha value is -1.71. The standard InChI is InChI=1S/C19H29NO3/c1-2-22-17-11-6-7-12-18(17)23-16-10-13-19(21)20-14-8-4-3-5-9-15-20/h6-7,11-12H,2-5,8-10,13-16H2,1H3. The molecule has 2 rings (SSSR count). The summed E-state index contributed by atoms with van der Waals surface area (Å²) < 4.78 is 11.3. The Bertz CT molecular complexity index is 467. The molecule has 1 aliphatic heterocycles. The minimum Gasteiger partial charge on any atom is -0.490 e. The Labute approximate surface area is 139 Å². The topological polar surface area (TPSA) is 38.8 Å². The number of para-hydroxylation sites is 2. The van der Waals surface area contributed by atoms with E-state index in [-0.39, 0.29) is 5.91 Å². The number of amides is 1. The fourth-order valence-corrected chi connectivity index (χ4v) is 2.90. The molecule has 0 aliphatic carbocycles. The van der Waals surface area contributed by atoms with Crippen LogP contribution in [-0.2, 0) is 4.79 Å². The van der Waals surface area contributed by atoms with Crippen LogP contribution in [-0.4, -0.2) is 37.1 Å². The lowest BCUT2D eigenvalue weighted by molar-refractivity contribution is -0.131. The van der Waals surface area contributed by atoms with Gasteiger partial charge in [0.1, 0.15) is 0 Å². The predicted molar refractivity (Wildman–Crippen MR) is 92.0 cm³/mol. The molecule has 4 heteroatoms. The molecule has 0 radical (unpaired) electrons. The first-order valence-corrected chi connectivity index (χ1v) is 8.93. The zero-order valence-corrected chi connectivity index (χ0v) is 14.3. The Kier molecular flexibility index (Phi) is 7.78. The third kappa shape index (κ3) is 6.12. The summed E-state index contributed by atoms with van der Waals surface area (Å²) in [4.78, 5) is 14.3. The maximum Gasteiger partial charge on any atom is 0.222 e. The van der Waals surface area contributed by atoms with Crippen LogP contribution >= 0.6 is 0 Å². The lowest BCUT2D eigenvalue weighted by atomic mass is 10.1. The van der Waals surface area contributed by atoms with Crippen molar-refractivity contribution in [3.63, 3.8) is 0 Å². The molecule has 1 aliphatic rings. The zero-order chi connectivity index (χ0) is 16.3. The number of hydrogen-bond acceptors (Lipinski definition) is 3. The third-order valence-electron chi connectivity index (χ3n) is 4.15. The summed E-state index contributed by atoms with van der Waals surface area (Å²) in [6.45, 7) is 4.97. The highest BCUT2D eigenvalue weighted by atomic mass is 16.5. The van der Waals surface area contributed by atoms with Gasteiger partial charge >= 0.3 is 0 Å². The number of carbonyl (C=O) groups excluding carboxylic acids is 1. The molecule has 0 unspecified atom stereocenters. The molecule has 128 valence electrons. The number of hydrogen-bond donors (Lipinski definition) is 0. The van der Waals surface area contributed by atoms with Crippen molar-refractivity contribution >= 4 is 5.91 Å². The summed E-state index contributed by atoms with van der Waals surface area (Å²) in [5, 5.41) is 0. The molecule has 23 heavy (non-hydrogen) atoms. The fraction of sp³-hybridized carbons (Fsp3) is 0.632. The molecule has 0 spiro atoms. The van der Waals surface area contributed by atoms with Gasteiger partial charge in [-0.2, -0.15) is 0 Å². The highest BCUT2D eigenvalue weighted by molar-refractivity contribution is 5.76. The first-order valence-electron chi connectivity index (χ1n) is 8.93. The van der Waals surface area contributed by atoms with Crippen LogP contribution in [0.15, 0.2) is 24.3 Å². The van der Waals surface area contributed by atoms with Crippen molar-refractivity contribution in [1.82, 2.24) is 4.90 Å². The smallest absolute Gasteiger partial charge is 0.222 e. The van der Waals surface area contributed by atoms with Gasteiger partial charge in [0.2, 0.25) is 5.91 Å². The second kappa shape index (κ2) is 10.1. The predicted octanol–water partition coefficient (Wildman–Crippen LogP) is 4.04. The number of ether oxygens (including phenoxy) is 2. The molecule has 1 heterocycles. The van der Waals surface area contributed by atoms with Crippen molar-refractivity contribution in [3.8, 4) is 11.5 Å². The SMILES string of the molecule is CCOc1ccccc1OCCCC(=O)N1CCCCCCC1. The van der Waals surface area contributed by atoms with Crippen LogP contribution in [0.4, 0.5) is 0 Å². The summed E-state index contributed by atoms with van der Waals surface area (Å²) in [5.74, 6) is 1.80. The highest BCUT2D eigenvalue weighted by Gasteiger charge is 2.14. The van der Waals surface area contributed by atoms with Crippen molar-refractivity contribution in [3.05, 3.63) is 24.3 Å². The molecule has 1 saturated heterocycles. The van der Waals surface area contributed by atoms with Crippen LogP contribution in [0.1, 0.15) is 51.9 Å². The molecule has 0 saturated carbocycles. The fourth-order valence-electron chi connectivity index (χ4n) is 2.90. The van der Waals surface area contributed by atoms with Gasteiger partial charge in [-0.3, -0.25) is 4.79 Å². The number of rotatable bonds is 7.